The SMILES string of the molecule is CCCCc1ccc(OC(F)(F)c2c(F)ccc(Oc3ccc(C)cc3)c2F)cc1. The second kappa shape index (κ2) is 9.20. The van der Waals surface area contributed by atoms with E-state index in [1.807, 2.05) is 6.92 Å². The van der Waals surface area contributed by atoms with E-state index in [2.05, 4.69) is 11.7 Å². The Morgan fingerprint density at radius 2 is 1.47 bits per heavy atom. The van der Waals surface area contributed by atoms with Gasteiger partial charge in [-0.1, -0.05) is 43.2 Å². The molecule has 3 aromatic carbocycles. The fourth-order valence-electron chi connectivity index (χ4n) is 2.92. The molecule has 0 unspecified atom stereocenters. The molecule has 0 aliphatic carbocycles. The predicted octanol–water partition coefficient (Wildman–Crippen LogP) is 7.54. The standard InChI is InChI=1S/C24H22F4O2/c1-3-4-5-17-8-12-19(13-9-17)30-24(27,28)22-20(25)14-15-21(23(22)26)29-18-10-6-16(2)7-11-18/h6-15H,3-5H2,1-2H3. The largest absolute Gasteiger partial charge is 0.454 e. The molecule has 0 bridgehead atoms. The number of alkyl halides is 2. The molecule has 0 spiro atoms. The van der Waals surface area contributed by atoms with Crippen LogP contribution in [0.15, 0.2) is 60.7 Å². The molecule has 3 rings (SSSR count). The summed E-state index contributed by atoms with van der Waals surface area (Å²) in [6.07, 6.45) is -1.43. The third-order valence-corrected chi connectivity index (χ3v) is 4.58. The highest BCUT2D eigenvalue weighted by atomic mass is 19.3. The van der Waals surface area contributed by atoms with E-state index in [0.29, 0.717) is 0 Å². The quantitative estimate of drug-likeness (QED) is 0.352. The van der Waals surface area contributed by atoms with Gasteiger partial charge in [-0.3, -0.25) is 0 Å². The average Bonchev–Trinajstić information content (AvgIpc) is 2.71. The first-order chi connectivity index (χ1) is 14.3. The van der Waals surface area contributed by atoms with Crippen LogP contribution in [0.5, 0.6) is 17.2 Å². The molecule has 0 fully saturated rings. The topological polar surface area (TPSA) is 18.5 Å². The number of unbranched alkanes of at least 4 members (excludes halogenated alkanes) is 1. The highest BCUT2D eigenvalue weighted by Crippen LogP contribution is 2.39. The zero-order chi connectivity index (χ0) is 21.7. The molecule has 2 nitrogen and oxygen atoms in total. The number of halogens is 4. The van der Waals surface area contributed by atoms with Gasteiger partial charge in [0.05, 0.1) is 0 Å². The number of ether oxygens (including phenoxy) is 2. The van der Waals surface area contributed by atoms with E-state index >= 15 is 0 Å². The Kier molecular flexibility index (Phi) is 6.65. The van der Waals surface area contributed by atoms with Crippen molar-refractivity contribution in [3.8, 4) is 17.2 Å². The summed E-state index contributed by atoms with van der Waals surface area (Å²) in [6, 6.07) is 14.3. The van der Waals surface area contributed by atoms with Crippen LogP contribution < -0.4 is 9.47 Å². The first kappa shape index (κ1) is 21.7. The number of hydrogen-bond acceptors (Lipinski definition) is 2. The van der Waals surface area contributed by atoms with Crippen molar-refractivity contribution in [2.75, 3.05) is 0 Å². The van der Waals surface area contributed by atoms with Gasteiger partial charge in [-0.05, 0) is 61.7 Å². The van der Waals surface area contributed by atoms with E-state index < -0.39 is 29.1 Å². The summed E-state index contributed by atoms with van der Waals surface area (Å²) in [4.78, 5) is 0. The minimum absolute atomic E-state index is 0.191. The lowest BCUT2D eigenvalue weighted by Gasteiger charge is -2.20. The van der Waals surface area contributed by atoms with Crippen molar-refractivity contribution in [1.82, 2.24) is 0 Å². The first-order valence-corrected chi connectivity index (χ1v) is 9.69. The molecule has 0 atom stereocenters. The molecule has 0 aliphatic rings. The summed E-state index contributed by atoms with van der Waals surface area (Å²) >= 11 is 0. The maximum atomic E-state index is 14.8. The Morgan fingerprint density at radius 3 is 2.10 bits per heavy atom. The summed E-state index contributed by atoms with van der Waals surface area (Å²) in [7, 11) is 0. The molecule has 158 valence electrons. The average molecular weight is 418 g/mol. The molecule has 6 heteroatoms. The number of hydrogen-bond donors (Lipinski definition) is 0. The summed E-state index contributed by atoms with van der Waals surface area (Å²) in [5, 5.41) is 0. The van der Waals surface area contributed by atoms with Gasteiger partial charge in [0.25, 0.3) is 0 Å². The molecule has 0 amide bonds. The van der Waals surface area contributed by atoms with Gasteiger partial charge in [-0.15, -0.1) is 0 Å². The first-order valence-electron chi connectivity index (χ1n) is 9.69. The molecule has 0 saturated heterocycles. The lowest BCUT2D eigenvalue weighted by molar-refractivity contribution is -0.189. The lowest BCUT2D eigenvalue weighted by Crippen LogP contribution is -2.25. The zero-order valence-electron chi connectivity index (χ0n) is 16.7. The maximum Gasteiger partial charge on any atom is 0.432 e. The maximum absolute atomic E-state index is 14.8. The lowest BCUT2D eigenvalue weighted by atomic mass is 10.1. The van der Waals surface area contributed by atoms with Gasteiger partial charge in [-0.25, -0.2) is 8.78 Å². The van der Waals surface area contributed by atoms with Crippen molar-refractivity contribution in [3.05, 3.63) is 89.0 Å². The van der Waals surface area contributed by atoms with Crippen LogP contribution in [-0.2, 0) is 12.5 Å². The molecule has 0 saturated carbocycles. The molecule has 0 N–H and O–H groups in total. The molecule has 30 heavy (non-hydrogen) atoms. The number of rotatable bonds is 8. The van der Waals surface area contributed by atoms with Crippen LogP contribution in [0.25, 0.3) is 0 Å². The van der Waals surface area contributed by atoms with E-state index in [9.17, 15) is 17.6 Å². The van der Waals surface area contributed by atoms with E-state index in [0.717, 1.165) is 42.5 Å². The van der Waals surface area contributed by atoms with Crippen LogP contribution >= 0.6 is 0 Å². The van der Waals surface area contributed by atoms with Crippen LogP contribution in [0.3, 0.4) is 0 Å². The van der Waals surface area contributed by atoms with Gasteiger partial charge in [0.1, 0.15) is 22.9 Å². The Morgan fingerprint density at radius 1 is 0.833 bits per heavy atom. The second-order valence-electron chi connectivity index (χ2n) is 7.02. The van der Waals surface area contributed by atoms with Gasteiger partial charge in [0, 0.05) is 0 Å². The molecule has 0 heterocycles. The molecule has 3 aromatic rings. The van der Waals surface area contributed by atoms with Gasteiger partial charge in [-0.2, -0.15) is 8.78 Å². The summed E-state index contributed by atoms with van der Waals surface area (Å²) in [5.74, 6) is -3.41. The van der Waals surface area contributed by atoms with Gasteiger partial charge in [0.15, 0.2) is 11.6 Å². The monoisotopic (exact) mass is 418 g/mol. The molecule has 0 aromatic heterocycles. The van der Waals surface area contributed by atoms with Crippen LogP contribution in [0.4, 0.5) is 17.6 Å². The second-order valence-corrected chi connectivity index (χ2v) is 7.02. The third-order valence-electron chi connectivity index (χ3n) is 4.58. The third kappa shape index (κ3) is 5.12. The minimum Gasteiger partial charge on any atom is -0.454 e. The molecule has 0 radical (unpaired) electrons. The fraction of sp³-hybridized carbons (Fsp3) is 0.250. The normalized spacial score (nSPS) is 11.4. The van der Waals surface area contributed by atoms with Gasteiger partial charge < -0.3 is 9.47 Å². The fourth-order valence-corrected chi connectivity index (χ4v) is 2.92. The van der Waals surface area contributed by atoms with E-state index in [1.54, 1.807) is 36.4 Å². The van der Waals surface area contributed by atoms with Crippen LogP contribution in [-0.4, -0.2) is 0 Å². The van der Waals surface area contributed by atoms with E-state index in [-0.39, 0.29) is 11.5 Å². The summed E-state index contributed by atoms with van der Waals surface area (Å²) in [5.41, 5.74) is 0.420. The van der Waals surface area contributed by atoms with Gasteiger partial charge in [0.2, 0.25) is 0 Å². The van der Waals surface area contributed by atoms with Crippen molar-refractivity contribution in [2.45, 2.75) is 39.2 Å². The Bertz CT molecular complexity index is 983. The predicted molar refractivity (Wildman–Crippen MR) is 107 cm³/mol. The summed E-state index contributed by atoms with van der Waals surface area (Å²) in [6.45, 7) is 3.91. The van der Waals surface area contributed by atoms with Gasteiger partial charge >= 0.3 is 6.11 Å². The van der Waals surface area contributed by atoms with Crippen LogP contribution in [0.1, 0.15) is 36.5 Å². The van der Waals surface area contributed by atoms with Crippen LogP contribution in [0.2, 0.25) is 0 Å². The van der Waals surface area contributed by atoms with Crippen molar-refractivity contribution in [3.63, 3.8) is 0 Å². The van der Waals surface area contributed by atoms with E-state index in [1.165, 1.54) is 12.1 Å². The molecule has 0 aliphatic heterocycles. The summed E-state index contributed by atoms with van der Waals surface area (Å²) < 4.78 is 68.3. The van der Waals surface area contributed by atoms with Crippen LogP contribution in [0, 0.1) is 18.6 Å². The smallest absolute Gasteiger partial charge is 0.432 e. The Labute approximate surface area is 173 Å². The van der Waals surface area contributed by atoms with E-state index in [4.69, 9.17) is 4.74 Å². The highest BCUT2D eigenvalue weighted by Gasteiger charge is 2.42. The zero-order valence-corrected chi connectivity index (χ0v) is 16.7. The Balaban J connectivity index is 1.84. The molecular formula is C24H22F4O2. The van der Waals surface area contributed by atoms with Crippen molar-refractivity contribution < 1.29 is 27.0 Å². The molecular weight excluding hydrogens is 396 g/mol. The van der Waals surface area contributed by atoms with Crippen molar-refractivity contribution in [1.29, 1.82) is 0 Å². The highest BCUT2D eigenvalue weighted by molar-refractivity contribution is 5.39. The van der Waals surface area contributed by atoms with Crippen molar-refractivity contribution >= 4 is 0 Å². The minimum atomic E-state index is -4.23. The Hall–Kier alpha value is -3.02. The number of aryl methyl sites for hydroxylation is 2. The number of benzene rings is 3. The van der Waals surface area contributed by atoms with Crippen molar-refractivity contribution in [2.24, 2.45) is 0 Å².